The summed E-state index contributed by atoms with van der Waals surface area (Å²) in [4.78, 5) is 12.7. The Labute approximate surface area is 196 Å². The highest BCUT2D eigenvalue weighted by atomic mass is 32.2. The van der Waals surface area contributed by atoms with Crippen LogP contribution in [0.2, 0.25) is 0 Å². The number of anilines is 1. The van der Waals surface area contributed by atoms with Crippen molar-refractivity contribution < 1.29 is 27.9 Å². The number of hydrogen-bond donors (Lipinski definition) is 4. The maximum absolute atomic E-state index is 11.8. The van der Waals surface area contributed by atoms with Crippen LogP contribution in [0.3, 0.4) is 0 Å². The van der Waals surface area contributed by atoms with Gasteiger partial charge in [-0.05, 0) is 0 Å². The lowest BCUT2D eigenvalue weighted by Crippen LogP contribution is -2.29. The van der Waals surface area contributed by atoms with E-state index < -0.39 is 34.6 Å². The van der Waals surface area contributed by atoms with Gasteiger partial charge in [0.05, 0.1) is 17.8 Å². The molecular weight excluding hydrogens is 466 g/mol. The highest BCUT2D eigenvalue weighted by molar-refractivity contribution is 7.89. The Hall–Kier alpha value is -2.65. The van der Waals surface area contributed by atoms with Gasteiger partial charge in [-0.15, -0.1) is 0 Å². The Morgan fingerprint density at radius 1 is 1.18 bits per heavy atom. The Morgan fingerprint density at radius 2 is 1.94 bits per heavy atom. The lowest BCUT2D eigenvalue weighted by atomic mass is 9.92. The average molecular weight is 496 g/mol. The summed E-state index contributed by atoms with van der Waals surface area (Å²) in [7, 11) is -3.39. The van der Waals surface area contributed by atoms with Gasteiger partial charge < -0.3 is 24.8 Å². The van der Waals surface area contributed by atoms with E-state index in [1.54, 1.807) is 13.0 Å². The van der Waals surface area contributed by atoms with Gasteiger partial charge in [-0.1, -0.05) is 32.9 Å². The number of ether oxygens (including phenoxy) is 1. The fourth-order valence-corrected chi connectivity index (χ4v) is 4.62. The van der Waals surface area contributed by atoms with Gasteiger partial charge in [0.2, 0.25) is 10.0 Å². The van der Waals surface area contributed by atoms with Crippen LogP contribution in [0.5, 0.6) is 0 Å². The second-order valence-corrected chi connectivity index (χ2v) is 11.0. The van der Waals surface area contributed by atoms with Crippen molar-refractivity contribution >= 4 is 27.0 Å². The molecule has 13 nitrogen and oxygen atoms in total. The minimum absolute atomic E-state index is 0.110. The first-order valence-electron chi connectivity index (χ1n) is 10.9. The molecule has 14 heteroatoms. The lowest BCUT2D eigenvalue weighted by molar-refractivity contribution is -0.0434. The van der Waals surface area contributed by atoms with E-state index in [4.69, 9.17) is 9.26 Å². The molecule has 4 N–H and O–H groups in total. The minimum atomic E-state index is -3.39. The normalized spacial score (nSPS) is 23.6. The molecule has 0 bridgehead atoms. The number of hydrogen-bond acceptors (Lipinski definition) is 11. The first kappa shape index (κ1) is 24.5. The number of fused-ring (bicyclic) bond motifs is 1. The summed E-state index contributed by atoms with van der Waals surface area (Å²) in [6.45, 7) is 8.08. The van der Waals surface area contributed by atoms with E-state index in [1.807, 2.05) is 20.8 Å². The lowest BCUT2D eigenvalue weighted by Gasteiger charge is -2.16. The van der Waals surface area contributed by atoms with Crippen LogP contribution in [0.1, 0.15) is 51.5 Å². The van der Waals surface area contributed by atoms with Crippen LogP contribution in [0, 0.1) is 0 Å². The molecule has 186 valence electrons. The molecule has 34 heavy (non-hydrogen) atoms. The van der Waals surface area contributed by atoms with Crippen molar-refractivity contribution in [3.63, 3.8) is 0 Å². The molecule has 1 aliphatic heterocycles. The number of sulfonamides is 1. The maximum atomic E-state index is 11.8. The monoisotopic (exact) mass is 495 g/mol. The molecule has 0 spiro atoms. The van der Waals surface area contributed by atoms with Crippen LogP contribution in [0.15, 0.2) is 23.2 Å². The molecule has 0 radical (unpaired) electrons. The molecule has 0 aromatic carbocycles. The van der Waals surface area contributed by atoms with Gasteiger partial charge in [0.25, 0.3) is 0 Å². The molecule has 0 amide bonds. The van der Waals surface area contributed by atoms with Crippen molar-refractivity contribution in [2.75, 3.05) is 24.2 Å². The summed E-state index contributed by atoms with van der Waals surface area (Å²) in [6.07, 6.45) is -1.77. The molecule has 3 aromatic rings. The minimum Gasteiger partial charge on any atom is -0.387 e. The topological polar surface area (TPSA) is 178 Å². The van der Waals surface area contributed by atoms with Crippen molar-refractivity contribution in [3.05, 3.63) is 30.2 Å². The van der Waals surface area contributed by atoms with Crippen LogP contribution in [0.4, 0.5) is 5.82 Å². The van der Waals surface area contributed by atoms with Gasteiger partial charge >= 0.3 is 0 Å². The smallest absolute Gasteiger partial charge is 0.213 e. The molecule has 4 atom stereocenters. The van der Waals surface area contributed by atoms with Gasteiger partial charge in [0, 0.05) is 24.6 Å². The number of aromatic nitrogens is 5. The summed E-state index contributed by atoms with van der Waals surface area (Å²) in [5.74, 6) is 0.506. The highest BCUT2D eigenvalue weighted by Crippen LogP contribution is 2.40. The third kappa shape index (κ3) is 4.77. The van der Waals surface area contributed by atoms with Gasteiger partial charge in [0.1, 0.15) is 24.6 Å². The maximum Gasteiger partial charge on any atom is 0.213 e. The van der Waals surface area contributed by atoms with Gasteiger partial charge in [0.15, 0.2) is 29.0 Å². The van der Waals surface area contributed by atoms with E-state index >= 15 is 0 Å². The fraction of sp³-hybridized carbons (Fsp3) is 0.600. The molecule has 4 heterocycles. The molecule has 1 fully saturated rings. The first-order valence-corrected chi connectivity index (χ1v) is 12.5. The zero-order valence-electron chi connectivity index (χ0n) is 19.3. The Kier molecular flexibility index (Phi) is 6.61. The van der Waals surface area contributed by atoms with Gasteiger partial charge in [-0.2, -0.15) is 0 Å². The van der Waals surface area contributed by atoms with E-state index in [1.165, 1.54) is 17.2 Å². The number of rotatable bonds is 8. The molecule has 4 rings (SSSR count). The Bertz CT molecular complexity index is 1250. The van der Waals surface area contributed by atoms with Crippen LogP contribution < -0.4 is 10.0 Å². The average Bonchev–Trinajstić information content (AvgIpc) is 3.47. The van der Waals surface area contributed by atoms with E-state index in [9.17, 15) is 18.6 Å². The van der Waals surface area contributed by atoms with E-state index in [0.717, 1.165) is 0 Å². The third-order valence-electron chi connectivity index (χ3n) is 5.48. The highest BCUT2D eigenvalue weighted by Gasteiger charge is 2.47. The van der Waals surface area contributed by atoms with E-state index in [2.05, 4.69) is 30.1 Å². The summed E-state index contributed by atoms with van der Waals surface area (Å²) in [6, 6.07) is 1.71. The zero-order valence-corrected chi connectivity index (χ0v) is 20.2. The first-order chi connectivity index (χ1) is 16.0. The van der Waals surface area contributed by atoms with Crippen LogP contribution in [-0.2, 0) is 20.2 Å². The van der Waals surface area contributed by atoms with Gasteiger partial charge in [-0.3, -0.25) is 4.57 Å². The van der Waals surface area contributed by atoms with Crippen LogP contribution in [-0.4, -0.2) is 74.4 Å². The predicted molar refractivity (Wildman–Crippen MR) is 121 cm³/mol. The summed E-state index contributed by atoms with van der Waals surface area (Å²) in [5.41, 5.74) is 1.16. The van der Waals surface area contributed by atoms with Crippen molar-refractivity contribution in [2.24, 2.45) is 0 Å². The number of imidazole rings is 1. The SMILES string of the molecule is CCNS(=O)(=O)CCNc1ncnc2c1ncn2[C@@H]1O[C@H](c2cc(C(C)(C)C)no2)[C@@H](O)[C@H]1O. The fourth-order valence-electron chi connectivity index (χ4n) is 3.66. The van der Waals surface area contributed by atoms with Crippen molar-refractivity contribution in [1.29, 1.82) is 0 Å². The number of aliphatic hydroxyl groups is 2. The quantitative estimate of drug-likeness (QED) is 0.341. The third-order valence-corrected chi connectivity index (χ3v) is 6.95. The summed E-state index contributed by atoms with van der Waals surface area (Å²) in [5, 5.41) is 28.4. The molecule has 0 saturated carbocycles. The Balaban J connectivity index is 1.55. The molecule has 0 unspecified atom stereocenters. The second kappa shape index (κ2) is 9.19. The van der Waals surface area contributed by atoms with Crippen molar-refractivity contribution in [2.45, 2.75) is 57.6 Å². The van der Waals surface area contributed by atoms with Crippen molar-refractivity contribution in [1.82, 2.24) is 29.4 Å². The summed E-state index contributed by atoms with van der Waals surface area (Å²) >= 11 is 0. The van der Waals surface area contributed by atoms with Gasteiger partial charge in [-0.25, -0.2) is 28.1 Å². The molecule has 1 saturated heterocycles. The van der Waals surface area contributed by atoms with Crippen molar-refractivity contribution in [3.8, 4) is 0 Å². The standard InChI is InChI=1S/C20H29N7O6S/c1-5-25-34(30,31)7-6-21-17-13-18(23-9-22-17)27(10-24-13)19-15(29)14(28)16(32-19)11-8-12(26-33-11)20(2,3)4/h8-10,14-16,19,25,28-29H,5-7H2,1-4H3,(H,21,22,23)/t14-,15+,16+,19+/m0/s1. The van der Waals surface area contributed by atoms with E-state index in [-0.39, 0.29) is 17.7 Å². The number of nitrogens with one attached hydrogen (secondary N) is 2. The number of nitrogens with zero attached hydrogens (tertiary/aromatic N) is 5. The Morgan fingerprint density at radius 3 is 2.62 bits per heavy atom. The largest absolute Gasteiger partial charge is 0.387 e. The number of aliphatic hydroxyl groups excluding tert-OH is 2. The second-order valence-electron chi connectivity index (χ2n) is 9.08. The zero-order chi connectivity index (χ0) is 24.7. The van der Waals surface area contributed by atoms with Crippen LogP contribution in [0.25, 0.3) is 11.2 Å². The van der Waals surface area contributed by atoms with Crippen LogP contribution >= 0.6 is 0 Å². The molecular formula is C20H29N7O6S. The molecule has 3 aromatic heterocycles. The summed E-state index contributed by atoms with van der Waals surface area (Å²) < 4.78 is 39.0. The molecule has 1 aliphatic rings. The predicted octanol–water partition coefficient (Wildman–Crippen LogP) is 0.455. The molecule has 0 aliphatic carbocycles. The van der Waals surface area contributed by atoms with E-state index in [0.29, 0.717) is 35.0 Å².